The molecule has 5 nitrogen and oxygen atoms in total. The van der Waals surface area contributed by atoms with Gasteiger partial charge in [-0.15, -0.1) is 0 Å². The lowest BCUT2D eigenvalue weighted by atomic mass is 10.3. The predicted molar refractivity (Wildman–Crippen MR) is 45.6 cm³/mol. The minimum Gasteiger partial charge on any atom is -0.355 e. The van der Waals surface area contributed by atoms with Crippen molar-refractivity contribution in [3.05, 3.63) is 0 Å². The van der Waals surface area contributed by atoms with Crippen LogP contribution in [0.3, 0.4) is 0 Å². The Balaban J connectivity index is 2.86. The number of carbonyl (C=O) groups excluding carboxylic acids is 1. The molecule has 72 valence electrons. The Morgan fingerprint density at radius 1 is 1.42 bits per heavy atom. The van der Waals surface area contributed by atoms with Crippen LogP contribution in [0.2, 0.25) is 0 Å². The molecule has 0 amide bonds. The normalized spacial score (nSPS) is 9.83. The highest BCUT2D eigenvalue weighted by atomic mass is 16.7. The van der Waals surface area contributed by atoms with Crippen LogP contribution >= 0.6 is 0 Å². The molecule has 0 heterocycles. The van der Waals surface area contributed by atoms with Crippen molar-refractivity contribution in [3.8, 4) is 0 Å². The number of hydrogen-bond donors (Lipinski definition) is 3. The van der Waals surface area contributed by atoms with Crippen LogP contribution in [0.4, 0.5) is 0 Å². The van der Waals surface area contributed by atoms with Crippen molar-refractivity contribution in [3.63, 3.8) is 0 Å². The number of hydrazine groups is 2. The maximum absolute atomic E-state index is 10.2. The summed E-state index contributed by atoms with van der Waals surface area (Å²) in [4.78, 5) is 14.6. The highest BCUT2D eigenvalue weighted by Crippen LogP contribution is 1.89. The van der Waals surface area contributed by atoms with Crippen molar-refractivity contribution in [1.29, 1.82) is 0 Å². The molecule has 0 saturated carbocycles. The fourth-order valence-electron chi connectivity index (χ4n) is 0.659. The number of rotatable bonds is 7. The zero-order valence-corrected chi connectivity index (χ0v) is 7.64. The Bertz CT molecular complexity index is 119. The monoisotopic (exact) mass is 175 g/mol. The first-order chi connectivity index (χ1) is 5.77. The summed E-state index contributed by atoms with van der Waals surface area (Å²) in [6.07, 6.45) is 3.49. The maximum atomic E-state index is 10.2. The third kappa shape index (κ3) is 9.35. The average Bonchev–Trinajstić information content (AvgIpc) is 2.02. The molecular formula is C7H17N3O2. The molecule has 0 saturated heterocycles. The van der Waals surface area contributed by atoms with Gasteiger partial charge in [0, 0.05) is 13.5 Å². The highest BCUT2D eigenvalue weighted by molar-refractivity contribution is 5.65. The summed E-state index contributed by atoms with van der Waals surface area (Å²) in [6.45, 7) is 4.32. The zero-order chi connectivity index (χ0) is 9.23. The van der Waals surface area contributed by atoms with Gasteiger partial charge in [-0.25, -0.2) is 5.43 Å². The Labute approximate surface area is 72.7 Å². The third-order valence-corrected chi connectivity index (χ3v) is 1.24. The van der Waals surface area contributed by atoms with Gasteiger partial charge in [-0.2, -0.15) is 5.53 Å². The molecule has 0 unspecified atom stereocenters. The van der Waals surface area contributed by atoms with Crippen LogP contribution in [0.5, 0.6) is 0 Å². The number of hydrogen-bond acceptors (Lipinski definition) is 5. The van der Waals surface area contributed by atoms with Gasteiger partial charge in [-0.3, -0.25) is 4.79 Å². The van der Waals surface area contributed by atoms with Crippen LogP contribution in [-0.4, -0.2) is 12.5 Å². The van der Waals surface area contributed by atoms with Gasteiger partial charge in [-0.05, 0) is 6.42 Å². The smallest absolute Gasteiger partial charge is 0.323 e. The first-order valence-corrected chi connectivity index (χ1v) is 4.17. The lowest BCUT2D eigenvalue weighted by Crippen LogP contribution is -2.44. The minimum atomic E-state index is -0.377. The van der Waals surface area contributed by atoms with Gasteiger partial charge in [0.1, 0.15) is 0 Å². The van der Waals surface area contributed by atoms with Gasteiger partial charge < -0.3 is 4.84 Å². The quantitative estimate of drug-likeness (QED) is 0.382. The van der Waals surface area contributed by atoms with Gasteiger partial charge in [-0.1, -0.05) is 25.4 Å². The summed E-state index contributed by atoms with van der Waals surface area (Å²) < 4.78 is 0. The largest absolute Gasteiger partial charge is 0.355 e. The summed E-state index contributed by atoms with van der Waals surface area (Å²) in [7, 11) is 0. The Morgan fingerprint density at radius 3 is 2.75 bits per heavy atom. The van der Waals surface area contributed by atoms with Crippen LogP contribution in [0, 0.1) is 0 Å². The maximum Gasteiger partial charge on any atom is 0.323 e. The molecule has 0 bridgehead atoms. The second-order valence-corrected chi connectivity index (χ2v) is 2.45. The van der Waals surface area contributed by atoms with Crippen molar-refractivity contribution in [2.24, 2.45) is 0 Å². The number of nitrogens with one attached hydrogen (secondary N) is 3. The van der Waals surface area contributed by atoms with E-state index in [-0.39, 0.29) is 5.97 Å². The van der Waals surface area contributed by atoms with Crippen molar-refractivity contribution in [2.75, 3.05) is 6.54 Å². The van der Waals surface area contributed by atoms with Gasteiger partial charge in [0.2, 0.25) is 0 Å². The summed E-state index contributed by atoms with van der Waals surface area (Å²) in [5.74, 6) is -0.377. The van der Waals surface area contributed by atoms with E-state index in [0.29, 0.717) is 0 Å². The topological polar surface area (TPSA) is 62.4 Å². The summed E-state index contributed by atoms with van der Waals surface area (Å²) in [5, 5.41) is 0. The van der Waals surface area contributed by atoms with E-state index in [2.05, 4.69) is 28.3 Å². The SMILES string of the molecule is CCCCCNNNOC(C)=O. The highest BCUT2D eigenvalue weighted by Gasteiger charge is 1.89. The van der Waals surface area contributed by atoms with Gasteiger partial charge in [0.25, 0.3) is 0 Å². The molecule has 0 aliphatic rings. The van der Waals surface area contributed by atoms with Crippen molar-refractivity contribution in [2.45, 2.75) is 33.1 Å². The molecule has 12 heavy (non-hydrogen) atoms. The van der Waals surface area contributed by atoms with Crippen LogP contribution in [0.1, 0.15) is 33.1 Å². The molecule has 0 aliphatic carbocycles. The second kappa shape index (κ2) is 8.45. The van der Waals surface area contributed by atoms with Crippen molar-refractivity contribution in [1.82, 2.24) is 16.5 Å². The van der Waals surface area contributed by atoms with E-state index in [0.717, 1.165) is 13.0 Å². The van der Waals surface area contributed by atoms with Crippen molar-refractivity contribution >= 4 is 5.97 Å². The minimum absolute atomic E-state index is 0.377. The fourth-order valence-corrected chi connectivity index (χ4v) is 0.659. The molecule has 0 aliphatic heterocycles. The molecule has 0 radical (unpaired) electrons. The molecule has 0 spiro atoms. The van der Waals surface area contributed by atoms with E-state index in [1.54, 1.807) is 0 Å². The molecule has 0 aromatic rings. The van der Waals surface area contributed by atoms with Gasteiger partial charge in [0.15, 0.2) is 0 Å². The standard InChI is InChI=1S/C7H17N3O2/c1-3-4-5-6-8-9-10-12-7(2)11/h8-10H,3-6H2,1-2H3. The molecular weight excluding hydrogens is 158 g/mol. The number of unbranched alkanes of at least 4 members (excludes halogenated alkanes) is 2. The molecule has 0 atom stereocenters. The van der Waals surface area contributed by atoms with E-state index >= 15 is 0 Å². The van der Waals surface area contributed by atoms with Crippen LogP contribution in [-0.2, 0) is 9.63 Å². The average molecular weight is 175 g/mol. The Hall–Kier alpha value is -0.650. The van der Waals surface area contributed by atoms with E-state index in [1.807, 2.05) is 0 Å². The van der Waals surface area contributed by atoms with Crippen LogP contribution in [0.25, 0.3) is 0 Å². The molecule has 0 fully saturated rings. The molecule has 0 rings (SSSR count). The predicted octanol–water partition coefficient (Wildman–Crippen LogP) is 0.253. The lowest BCUT2D eigenvalue weighted by molar-refractivity contribution is -0.151. The first kappa shape index (κ1) is 11.4. The van der Waals surface area contributed by atoms with E-state index < -0.39 is 0 Å². The Kier molecular flexibility index (Phi) is 7.99. The van der Waals surface area contributed by atoms with Crippen LogP contribution < -0.4 is 16.5 Å². The van der Waals surface area contributed by atoms with E-state index in [1.165, 1.54) is 19.8 Å². The third-order valence-electron chi connectivity index (χ3n) is 1.24. The van der Waals surface area contributed by atoms with Gasteiger partial charge >= 0.3 is 5.97 Å². The molecule has 0 aromatic carbocycles. The fraction of sp³-hybridized carbons (Fsp3) is 0.857. The summed E-state index contributed by atoms with van der Waals surface area (Å²) >= 11 is 0. The van der Waals surface area contributed by atoms with Crippen molar-refractivity contribution < 1.29 is 9.63 Å². The molecule has 5 heteroatoms. The van der Waals surface area contributed by atoms with E-state index in [9.17, 15) is 4.79 Å². The first-order valence-electron chi connectivity index (χ1n) is 4.17. The molecule has 3 N–H and O–H groups in total. The summed E-state index contributed by atoms with van der Waals surface area (Å²) in [5.41, 5.74) is 7.62. The zero-order valence-electron chi connectivity index (χ0n) is 7.64. The Morgan fingerprint density at radius 2 is 2.17 bits per heavy atom. The van der Waals surface area contributed by atoms with Crippen LogP contribution in [0.15, 0.2) is 0 Å². The molecule has 0 aromatic heterocycles. The van der Waals surface area contributed by atoms with E-state index in [4.69, 9.17) is 0 Å². The summed E-state index contributed by atoms with van der Waals surface area (Å²) in [6, 6.07) is 0. The number of carbonyl (C=O) groups is 1. The second-order valence-electron chi connectivity index (χ2n) is 2.45. The lowest BCUT2D eigenvalue weighted by Gasteiger charge is -2.06. The van der Waals surface area contributed by atoms with Gasteiger partial charge in [0.05, 0.1) is 0 Å².